The minimum atomic E-state index is -0.778. The molecule has 0 aliphatic heterocycles. The lowest BCUT2D eigenvalue weighted by molar-refractivity contribution is -0.123. The van der Waals surface area contributed by atoms with Crippen LogP contribution in [-0.2, 0) is 9.53 Å². The van der Waals surface area contributed by atoms with E-state index in [0.29, 0.717) is 5.69 Å². The summed E-state index contributed by atoms with van der Waals surface area (Å²) in [5.74, 6) is -2.17. The number of carbonyl (C=O) groups excluding carboxylic acids is 4. The Bertz CT molecular complexity index is 891. The van der Waals surface area contributed by atoms with Gasteiger partial charge in [-0.15, -0.1) is 0 Å². The molecule has 0 fully saturated rings. The molecule has 2 aromatic carbocycles. The monoisotopic (exact) mass is 369 g/mol. The number of benzene rings is 2. The Hall–Kier alpha value is -3.68. The molecule has 0 saturated heterocycles. The van der Waals surface area contributed by atoms with Crippen molar-refractivity contribution in [3.05, 3.63) is 64.7 Å². The van der Waals surface area contributed by atoms with Gasteiger partial charge in [0, 0.05) is 11.3 Å². The third kappa shape index (κ3) is 5.67. The van der Waals surface area contributed by atoms with E-state index in [4.69, 9.17) is 10.5 Å². The van der Waals surface area contributed by atoms with E-state index in [2.05, 4.69) is 10.6 Å². The van der Waals surface area contributed by atoms with E-state index in [9.17, 15) is 19.2 Å². The second kappa shape index (κ2) is 8.61. The van der Waals surface area contributed by atoms with Crippen LogP contribution in [0.4, 0.5) is 10.5 Å². The predicted molar refractivity (Wildman–Crippen MR) is 98.3 cm³/mol. The molecular weight excluding hydrogens is 350 g/mol. The number of amides is 4. The first kappa shape index (κ1) is 19.6. The first-order valence-electron chi connectivity index (χ1n) is 8.01. The zero-order valence-corrected chi connectivity index (χ0v) is 14.9. The summed E-state index contributed by atoms with van der Waals surface area (Å²) in [5, 5.41) is 4.62. The Morgan fingerprint density at radius 1 is 0.963 bits per heavy atom. The number of nitrogens with two attached hydrogens (primary N) is 1. The van der Waals surface area contributed by atoms with Crippen LogP contribution in [0.1, 0.15) is 31.8 Å². The minimum absolute atomic E-state index is 0.146. The Labute approximate surface area is 155 Å². The summed E-state index contributed by atoms with van der Waals surface area (Å²) in [7, 11) is 0. The summed E-state index contributed by atoms with van der Waals surface area (Å²) in [6, 6.07) is 10.2. The van der Waals surface area contributed by atoms with Crippen molar-refractivity contribution in [2.24, 2.45) is 5.73 Å². The van der Waals surface area contributed by atoms with Gasteiger partial charge in [-0.3, -0.25) is 14.9 Å². The highest BCUT2D eigenvalue weighted by Gasteiger charge is 2.13. The molecule has 0 radical (unpaired) electrons. The van der Waals surface area contributed by atoms with Gasteiger partial charge >= 0.3 is 12.0 Å². The number of primary amides is 1. The molecule has 27 heavy (non-hydrogen) atoms. The van der Waals surface area contributed by atoms with Crippen molar-refractivity contribution in [1.29, 1.82) is 0 Å². The first-order chi connectivity index (χ1) is 12.8. The minimum Gasteiger partial charge on any atom is -0.452 e. The van der Waals surface area contributed by atoms with Crippen LogP contribution < -0.4 is 16.4 Å². The molecule has 0 saturated carbocycles. The van der Waals surface area contributed by atoms with Gasteiger partial charge in [0.25, 0.3) is 5.91 Å². The molecule has 0 atom stereocenters. The van der Waals surface area contributed by atoms with Crippen LogP contribution >= 0.6 is 0 Å². The second-order valence-corrected chi connectivity index (χ2v) is 5.84. The van der Waals surface area contributed by atoms with Crippen LogP contribution in [-0.4, -0.2) is 30.4 Å². The maximum Gasteiger partial charge on any atom is 0.338 e. The number of urea groups is 1. The van der Waals surface area contributed by atoms with Gasteiger partial charge in [0.15, 0.2) is 6.61 Å². The third-order valence-corrected chi connectivity index (χ3v) is 3.62. The molecular formula is C19H19N3O5. The number of hydrogen-bond acceptors (Lipinski definition) is 5. The Balaban J connectivity index is 1.83. The summed E-state index contributed by atoms with van der Waals surface area (Å²) >= 11 is 0. The van der Waals surface area contributed by atoms with Gasteiger partial charge in [-0.1, -0.05) is 17.7 Å². The smallest absolute Gasteiger partial charge is 0.338 e. The summed E-state index contributed by atoms with van der Waals surface area (Å²) in [5.41, 5.74) is 7.96. The molecule has 0 bridgehead atoms. The highest BCUT2D eigenvalue weighted by molar-refractivity contribution is 6.02. The van der Waals surface area contributed by atoms with Crippen molar-refractivity contribution in [1.82, 2.24) is 5.32 Å². The van der Waals surface area contributed by atoms with E-state index in [1.54, 1.807) is 6.07 Å². The molecule has 2 aromatic rings. The van der Waals surface area contributed by atoms with E-state index in [1.165, 1.54) is 24.3 Å². The summed E-state index contributed by atoms with van der Waals surface area (Å²) in [6.45, 7) is 3.13. The zero-order chi connectivity index (χ0) is 20.0. The molecule has 0 spiro atoms. The molecule has 8 nitrogen and oxygen atoms in total. The van der Waals surface area contributed by atoms with Crippen LogP contribution in [0.5, 0.6) is 0 Å². The topological polar surface area (TPSA) is 128 Å². The van der Waals surface area contributed by atoms with Crippen molar-refractivity contribution in [2.45, 2.75) is 13.8 Å². The van der Waals surface area contributed by atoms with E-state index < -0.39 is 30.4 Å². The number of ether oxygens (including phenoxy) is 1. The summed E-state index contributed by atoms with van der Waals surface area (Å²) in [6.07, 6.45) is 0. The van der Waals surface area contributed by atoms with E-state index >= 15 is 0 Å². The maximum absolute atomic E-state index is 11.9. The number of hydrogen-bond donors (Lipinski definition) is 3. The van der Waals surface area contributed by atoms with Gasteiger partial charge < -0.3 is 15.8 Å². The van der Waals surface area contributed by atoms with Crippen LogP contribution in [0, 0.1) is 13.8 Å². The fraction of sp³-hybridized carbons (Fsp3) is 0.158. The maximum atomic E-state index is 11.9. The molecule has 0 heterocycles. The molecule has 0 aliphatic rings. The lowest BCUT2D eigenvalue weighted by Gasteiger charge is -2.10. The Kier molecular flexibility index (Phi) is 6.27. The lowest BCUT2D eigenvalue weighted by atomic mass is 10.1. The standard InChI is InChI=1S/C19H19N3O5/c1-11-3-8-15(12(2)9-11)21-19(26)22-16(23)10-27-18(25)14-6-4-13(5-7-14)17(20)24/h3-9H,10H2,1-2H3,(H2,20,24)(H2,21,22,23,26). The quantitative estimate of drug-likeness (QED) is 0.694. The molecule has 0 aliphatic carbocycles. The van der Waals surface area contributed by atoms with Gasteiger partial charge in [-0.25, -0.2) is 9.59 Å². The van der Waals surface area contributed by atoms with Gasteiger partial charge in [0.2, 0.25) is 5.91 Å². The zero-order valence-electron chi connectivity index (χ0n) is 14.9. The highest BCUT2D eigenvalue weighted by Crippen LogP contribution is 2.15. The van der Waals surface area contributed by atoms with Crippen molar-refractivity contribution >= 4 is 29.5 Å². The van der Waals surface area contributed by atoms with Crippen LogP contribution in [0.15, 0.2) is 42.5 Å². The number of esters is 1. The van der Waals surface area contributed by atoms with E-state index in [-0.39, 0.29) is 11.1 Å². The van der Waals surface area contributed by atoms with Gasteiger partial charge in [0.1, 0.15) is 0 Å². The Morgan fingerprint density at radius 2 is 1.59 bits per heavy atom. The number of aryl methyl sites for hydroxylation is 2. The van der Waals surface area contributed by atoms with Crippen LogP contribution in [0.25, 0.3) is 0 Å². The van der Waals surface area contributed by atoms with Gasteiger partial charge in [-0.2, -0.15) is 0 Å². The normalized spacial score (nSPS) is 10.0. The van der Waals surface area contributed by atoms with Gasteiger partial charge in [0.05, 0.1) is 5.56 Å². The largest absolute Gasteiger partial charge is 0.452 e. The fourth-order valence-electron chi connectivity index (χ4n) is 2.26. The molecule has 4 amide bonds. The fourth-order valence-corrected chi connectivity index (χ4v) is 2.26. The third-order valence-electron chi connectivity index (χ3n) is 3.62. The second-order valence-electron chi connectivity index (χ2n) is 5.84. The number of carbonyl (C=O) groups is 4. The van der Waals surface area contributed by atoms with E-state index in [0.717, 1.165) is 11.1 Å². The van der Waals surface area contributed by atoms with E-state index in [1.807, 2.05) is 26.0 Å². The Morgan fingerprint density at radius 3 is 2.19 bits per heavy atom. The number of nitrogens with one attached hydrogen (secondary N) is 2. The molecule has 8 heteroatoms. The van der Waals surface area contributed by atoms with Crippen molar-refractivity contribution in [2.75, 3.05) is 11.9 Å². The van der Waals surface area contributed by atoms with Crippen molar-refractivity contribution in [3.63, 3.8) is 0 Å². The van der Waals surface area contributed by atoms with Gasteiger partial charge in [-0.05, 0) is 49.7 Å². The van der Waals surface area contributed by atoms with Crippen LogP contribution in [0.3, 0.4) is 0 Å². The van der Waals surface area contributed by atoms with Crippen LogP contribution in [0.2, 0.25) is 0 Å². The average Bonchev–Trinajstić information content (AvgIpc) is 2.62. The average molecular weight is 369 g/mol. The number of rotatable bonds is 5. The first-order valence-corrected chi connectivity index (χ1v) is 8.01. The SMILES string of the molecule is Cc1ccc(NC(=O)NC(=O)COC(=O)c2ccc(C(N)=O)cc2)c(C)c1. The molecule has 140 valence electrons. The summed E-state index contributed by atoms with van der Waals surface area (Å²) in [4.78, 5) is 46.4. The molecule has 0 unspecified atom stereocenters. The number of imide groups is 1. The highest BCUT2D eigenvalue weighted by atomic mass is 16.5. The molecule has 0 aromatic heterocycles. The molecule has 2 rings (SSSR count). The molecule has 4 N–H and O–H groups in total. The summed E-state index contributed by atoms with van der Waals surface area (Å²) < 4.78 is 4.83. The predicted octanol–water partition coefficient (Wildman–Crippen LogP) is 1.91. The number of anilines is 1. The van der Waals surface area contributed by atoms with Crippen molar-refractivity contribution in [3.8, 4) is 0 Å². The lowest BCUT2D eigenvalue weighted by Crippen LogP contribution is -2.37. The van der Waals surface area contributed by atoms with Crippen molar-refractivity contribution < 1.29 is 23.9 Å².